The average molecular weight is 347 g/mol. The zero-order valence-corrected chi connectivity index (χ0v) is 15.7. The van der Waals surface area contributed by atoms with E-state index >= 15 is 0 Å². The molecule has 1 aromatic carbocycles. The highest BCUT2D eigenvalue weighted by Crippen LogP contribution is 2.39. The minimum Gasteiger partial charge on any atom is -0.507 e. The molecular formula is C18H26BNO5. The van der Waals surface area contributed by atoms with Crippen LogP contribution in [-0.2, 0) is 14.1 Å². The zero-order valence-electron chi connectivity index (χ0n) is 15.7. The van der Waals surface area contributed by atoms with Gasteiger partial charge in [-0.2, -0.15) is 0 Å². The Labute approximate surface area is 149 Å². The van der Waals surface area contributed by atoms with Crippen molar-refractivity contribution in [1.82, 2.24) is 5.32 Å². The molecule has 1 amide bonds. The third-order valence-corrected chi connectivity index (χ3v) is 4.68. The Morgan fingerprint density at radius 1 is 1.28 bits per heavy atom. The van der Waals surface area contributed by atoms with Crippen molar-refractivity contribution in [3.63, 3.8) is 0 Å². The van der Waals surface area contributed by atoms with Gasteiger partial charge in [0.2, 0.25) is 5.91 Å². The molecule has 136 valence electrons. The average Bonchev–Trinajstić information content (AvgIpc) is 2.72. The van der Waals surface area contributed by atoms with Crippen LogP contribution in [0.5, 0.6) is 11.5 Å². The molecule has 1 saturated heterocycles. The first-order chi connectivity index (χ1) is 11.6. The van der Waals surface area contributed by atoms with Gasteiger partial charge in [0.25, 0.3) is 0 Å². The topological polar surface area (TPSA) is 77.0 Å². The number of amides is 1. The van der Waals surface area contributed by atoms with E-state index in [1.165, 1.54) is 20.1 Å². The summed E-state index contributed by atoms with van der Waals surface area (Å²) >= 11 is 0. The lowest BCUT2D eigenvalue weighted by Crippen LogP contribution is -2.41. The fourth-order valence-electron chi connectivity index (χ4n) is 2.40. The summed E-state index contributed by atoms with van der Waals surface area (Å²) in [7, 11) is 0.926. The number of ether oxygens (including phenoxy) is 1. The van der Waals surface area contributed by atoms with E-state index in [1.54, 1.807) is 18.2 Å². The van der Waals surface area contributed by atoms with Crippen molar-refractivity contribution >= 4 is 19.1 Å². The quantitative estimate of drug-likeness (QED) is 0.801. The van der Waals surface area contributed by atoms with Crippen molar-refractivity contribution in [2.45, 2.75) is 45.8 Å². The van der Waals surface area contributed by atoms with Crippen LogP contribution in [0.4, 0.5) is 0 Å². The van der Waals surface area contributed by atoms with E-state index in [0.717, 1.165) is 0 Å². The molecule has 2 rings (SSSR count). The smallest absolute Gasteiger partial charge is 0.492 e. The molecule has 0 bridgehead atoms. The summed E-state index contributed by atoms with van der Waals surface area (Å²) in [5.41, 5.74) is 0.328. The Bertz CT molecular complexity index is 668. The number of hydrogen-bond acceptors (Lipinski definition) is 5. The van der Waals surface area contributed by atoms with Crippen LogP contribution in [0.3, 0.4) is 0 Å². The number of phenols is 1. The van der Waals surface area contributed by atoms with E-state index in [9.17, 15) is 9.90 Å². The molecule has 1 aliphatic rings. The molecule has 2 N–H and O–H groups in total. The fourth-order valence-corrected chi connectivity index (χ4v) is 2.40. The lowest BCUT2D eigenvalue weighted by molar-refractivity contribution is -0.118. The van der Waals surface area contributed by atoms with E-state index in [2.05, 4.69) is 5.32 Å². The number of rotatable bonds is 5. The lowest BCUT2D eigenvalue weighted by atomic mass is 9.77. The molecule has 1 aliphatic heterocycles. The molecule has 0 aliphatic carbocycles. The fraction of sp³-hybridized carbons (Fsp3) is 0.500. The number of phenolic OH excluding ortho intramolecular Hbond substituents is 1. The van der Waals surface area contributed by atoms with Crippen molar-refractivity contribution in [3.05, 3.63) is 29.2 Å². The first kappa shape index (κ1) is 19.3. The highest BCUT2D eigenvalue weighted by molar-refractivity contribution is 6.56. The number of benzene rings is 1. The maximum atomic E-state index is 11.3. The number of nitrogens with one attached hydrogen (secondary N) is 1. The first-order valence-electron chi connectivity index (χ1n) is 8.23. The van der Waals surface area contributed by atoms with Gasteiger partial charge < -0.3 is 24.5 Å². The molecule has 0 atom stereocenters. The van der Waals surface area contributed by atoms with Gasteiger partial charge >= 0.3 is 7.12 Å². The Morgan fingerprint density at radius 2 is 1.88 bits per heavy atom. The second-order valence-electron chi connectivity index (χ2n) is 7.14. The van der Waals surface area contributed by atoms with Crippen molar-refractivity contribution in [2.24, 2.45) is 0 Å². The lowest BCUT2D eigenvalue weighted by Gasteiger charge is -2.32. The minimum atomic E-state index is -0.613. The molecule has 1 aromatic rings. The Morgan fingerprint density at radius 3 is 2.36 bits per heavy atom. The maximum Gasteiger partial charge on any atom is 0.492 e. The van der Waals surface area contributed by atoms with Gasteiger partial charge in [-0.15, -0.1) is 0 Å². The minimum absolute atomic E-state index is 0.0798. The van der Waals surface area contributed by atoms with Crippen LogP contribution in [0.15, 0.2) is 23.7 Å². The van der Waals surface area contributed by atoms with Crippen LogP contribution in [0.2, 0.25) is 0 Å². The van der Waals surface area contributed by atoms with Crippen LogP contribution in [-0.4, -0.2) is 43.0 Å². The van der Waals surface area contributed by atoms with Gasteiger partial charge in [0, 0.05) is 25.1 Å². The number of carbonyl (C=O) groups excluding carboxylic acids is 1. The van der Waals surface area contributed by atoms with E-state index in [0.29, 0.717) is 16.8 Å². The summed E-state index contributed by atoms with van der Waals surface area (Å²) in [4.78, 5) is 11.3. The van der Waals surface area contributed by atoms with Crippen LogP contribution in [0, 0.1) is 0 Å². The number of carbonyl (C=O) groups is 1. The number of methoxy groups -OCH3 is 1. The summed E-state index contributed by atoms with van der Waals surface area (Å²) in [5.74, 6) is 0.492. The third-order valence-electron chi connectivity index (χ3n) is 4.68. The predicted molar refractivity (Wildman–Crippen MR) is 97.4 cm³/mol. The van der Waals surface area contributed by atoms with E-state index < -0.39 is 18.3 Å². The third kappa shape index (κ3) is 4.35. The molecule has 1 heterocycles. The Hall–Kier alpha value is -1.99. The SMILES string of the molecule is COc1ccc(C=C(CNC(C)=O)B2OC(C)(C)C(C)(C)O2)c(O)c1. The normalized spacial score (nSPS) is 19.0. The van der Waals surface area contributed by atoms with Gasteiger partial charge in [0.1, 0.15) is 11.5 Å². The van der Waals surface area contributed by atoms with Crippen molar-refractivity contribution in [3.8, 4) is 11.5 Å². The second kappa shape index (κ2) is 7.10. The van der Waals surface area contributed by atoms with Gasteiger partial charge in [0.05, 0.1) is 18.3 Å². The van der Waals surface area contributed by atoms with E-state index in [-0.39, 0.29) is 18.2 Å². The molecule has 0 saturated carbocycles. The Balaban J connectivity index is 2.35. The van der Waals surface area contributed by atoms with Gasteiger partial charge in [0.15, 0.2) is 0 Å². The summed E-state index contributed by atoms with van der Waals surface area (Å²) in [6.45, 7) is 9.58. The van der Waals surface area contributed by atoms with Gasteiger partial charge in [-0.1, -0.05) is 6.08 Å². The molecule has 0 aromatic heterocycles. The molecule has 0 spiro atoms. The molecule has 6 nitrogen and oxygen atoms in total. The van der Waals surface area contributed by atoms with Gasteiger partial charge in [-0.05, 0) is 45.3 Å². The standard InChI is InChI=1S/C18H26BNO5/c1-12(21)20-11-14(19-24-17(2,3)18(4,5)25-19)9-13-7-8-15(23-6)10-16(13)22/h7-10,22H,11H2,1-6H3,(H,20,21). The molecule has 7 heteroatoms. The molecule has 0 radical (unpaired) electrons. The van der Waals surface area contributed by atoms with E-state index in [1.807, 2.05) is 27.7 Å². The first-order valence-corrected chi connectivity index (χ1v) is 8.23. The number of aromatic hydroxyl groups is 1. The summed E-state index contributed by atoms with van der Waals surface area (Å²) in [5, 5.41) is 13.0. The highest BCUT2D eigenvalue weighted by atomic mass is 16.7. The number of hydrogen-bond donors (Lipinski definition) is 2. The van der Waals surface area contributed by atoms with Crippen LogP contribution < -0.4 is 10.1 Å². The predicted octanol–water partition coefficient (Wildman–Crippen LogP) is 2.55. The molecule has 25 heavy (non-hydrogen) atoms. The molecule has 0 unspecified atom stereocenters. The Kier molecular flexibility index (Phi) is 5.49. The summed E-state index contributed by atoms with van der Waals surface area (Å²) in [6, 6.07) is 5.03. The van der Waals surface area contributed by atoms with E-state index in [4.69, 9.17) is 14.0 Å². The van der Waals surface area contributed by atoms with Crippen molar-refractivity contribution in [1.29, 1.82) is 0 Å². The summed E-state index contributed by atoms with van der Waals surface area (Å²) in [6.07, 6.45) is 1.77. The van der Waals surface area contributed by atoms with Gasteiger partial charge in [-0.3, -0.25) is 4.79 Å². The second-order valence-corrected chi connectivity index (χ2v) is 7.14. The highest BCUT2D eigenvalue weighted by Gasteiger charge is 2.52. The van der Waals surface area contributed by atoms with Gasteiger partial charge in [-0.25, -0.2) is 0 Å². The molecular weight excluding hydrogens is 321 g/mol. The maximum absolute atomic E-state index is 11.3. The monoisotopic (exact) mass is 347 g/mol. The van der Waals surface area contributed by atoms with Crippen LogP contribution >= 0.6 is 0 Å². The van der Waals surface area contributed by atoms with Crippen molar-refractivity contribution in [2.75, 3.05) is 13.7 Å². The largest absolute Gasteiger partial charge is 0.507 e. The zero-order chi connectivity index (χ0) is 18.8. The molecule has 1 fully saturated rings. The van der Waals surface area contributed by atoms with Crippen LogP contribution in [0.1, 0.15) is 40.2 Å². The summed E-state index contributed by atoms with van der Waals surface area (Å²) < 4.78 is 17.2. The van der Waals surface area contributed by atoms with Crippen LogP contribution in [0.25, 0.3) is 6.08 Å². The van der Waals surface area contributed by atoms with Crippen molar-refractivity contribution < 1.29 is 23.9 Å².